The van der Waals surface area contributed by atoms with E-state index in [1.54, 1.807) is 31.2 Å². The molecule has 0 saturated heterocycles. The molecule has 1 aromatic heterocycles. The van der Waals surface area contributed by atoms with Crippen molar-refractivity contribution >= 4 is 26.7 Å². The minimum absolute atomic E-state index is 0.240. The Hall–Kier alpha value is -2.41. The molecule has 2 aromatic carbocycles. The molecule has 0 bridgehead atoms. The Labute approximate surface area is 133 Å². The highest BCUT2D eigenvalue weighted by molar-refractivity contribution is 7.92. The number of para-hydroxylation sites is 1. The van der Waals surface area contributed by atoms with E-state index in [2.05, 4.69) is 5.16 Å². The van der Waals surface area contributed by atoms with Crippen molar-refractivity contribution in [1.29, 1.82) is 0 Å². The monoisotopic (exact) mass is 334 g/mol. The lowest BCUT2D eigenvalue weighted by Gasteiger charge is -2.22. The summed E-state index contributed by atoms with van der Waals surface area (Å²) in [6.07, 6.45) is 0. The zero-order chi connectivity index (χ0) is 16.4. The van der Waals surface area contributed by atoms with Gasteiger partial charge >= 0.3 is 0 Å². The number of anilines is 1. The largest absolute Gasteiger partial charge is 0.356 e. The lowest BCUT2D eigenvalue weighted by Crippen LogP contribution is -2.32. The summed E-state index contributed by atoms with van der Waals surface area (Å²) in [7, 11) is -3.66. The van der Waals surface area contributed by atoms with Gasteiger partial charge in [-0.3, -0.25) is 4.31 Å². The van der Waals surface area contributed by atoms with Crippen molar-refractivity contribution in [3.63, 3.8) is 0 Å². The summed E-state index contributed by atoms with van der Waals surface area (Å²) in [5.41, 5.74) is 1.32. The molecule has 0 radical (unpaired) electrons. The molecule has 0 spiro atoms. The van der Waals surface area contributed by atoms with Gasteiger partial charge in [-0.25, -0.2) is 12.8 Å². The van der Waals surface area contributed by atoms with Crippen LogP contribution in [0.15, 0.2) is 53.1 Å². The second-order valence-corrected chi connectivity index (χ2v) is 6.92. The van der Waals surface area contributed by atoms with Gasteiger partial charge in [-0.05, 0) is 43.3 Å². The Bertz CT molecular complexity index is 920. The maximum Gasteiger partial charge on any atom is 0.241 e. The Balaban J connectivity index is 1.95. The summed E-state index contributed by atoms with van der Waals surface area (Å²) < 4.78 is 44.8. The Morgan fingerprint density at radius 3 is 2.52 bits per heavy atom. The molecule has 1 heterocycles. The third kappa shape index (κ3) is 3.05. The number of halogens is 1. The molecule has 5 nitrogen and oxygen atoms in total. The number of sulfonamides is 1. The zero-order valence-corrected chi connectivity index (χ0v) is 13.3. The molecule has 0 fully saturated rings. The highest BCUT2D eigenvalue weighted by atomic mass is 32.2. The summed E-state index contributed by atoms with van der Waals surface area (Å²) in [5.74, 6) is -0.695. The van der Waals surface area contributed by atoms with Gasteiger partial charge in [0.25, 0.3) is 0 Å². The van der Waals surface area contributed by atoms with Crippen molar-refractivity contribution in [2.45, 2.75) is 12.7 Å². The number of fused-ring (bicyclic) bond motifs is 1. The number of benzene rings is 2. The predicted octanol–water partition coefficient (Wildman–Crippen LogP) is 3.32. The first-order valence-electron chi connectivity index (χ1n) is 7.10. The fraction of sp³-hybridized carbons (Fsp3) is 0.188. The SMILES string of the molecule is CCN(c1ccc(F)cc1)S(=O)(=O)Cc1noc2ccccc12. The van der Waals surface area contributed by atoms with E-state index in [-0.39, 0.29) is 12.3 Å². The smallest absolute Gasteiger partial charge is 0.241 e. The van der Waals surface area contributed by atoms with Crippen LogP contribution in [-0.2, 0) is 15.8 Å². The second kappa shape index (κ2) is 6.00. The van der Waals surface area contributed by atoms with E-state index in [1.807, 2.05) is 0 Å². The molecule has 0 unspecified atom stereocenters. The van der Waals surface area contributed by atoms with Crippen LogP contribution in [0.3, 0.4) is 0 Å². The summed E-state index contributed by atoms with van der Waals surface area (Å²) in [6.45, 7) is 1.96. The highest BCUT2D eigenvalue weighted by Gasteiger charge is 2.24. The standard InChI is InChI=1S/C16H15FN2O3S/c1-2-19(13-9-7-12(17)8-10-13)23(20,21)11-15-14-5-3-4-6-16(14)22-18-15/h3-10H,2,11H2,1H3. The molecule has 7 heteroatoms. The van der Waals surface area contributed by atoms with Gasteiger partial charge in [0, 0.05) is 11.9 Å². The van der Waals surface area contributed by atoms with Gasteiger partial charge in [-0.1, -0.05) is 17.3 Å². The number of hydrogen-bond donors (Lipinski definition) is 0. The van der Waals surface area contributed by atoms with Gasteiger partial charge in [0.2, 0.25) is 10.0 Å². The highest BCUT2D eigenvalue weighted by Crippen LogP contribution is 2.24. The molecule has 0 N–H and O–H groups in total. The van der Waals surface area contributed by atoms with E-state index in [0.717, 1.165) is 0 Å². The fourth-order valence-corrected chi connectivity index (χ4v) is 3.99. The van der Waals surface area contributed by atoms with E-state index in [4.69, 9.17) is 4.52 Å². The molecule has 0 saturated carbocycles. The molecule has 3 aromatic rings. The fourth-order valence-electron chi connectivity index (χ4n) is 2.44. The lowest BCUT2D eigenvalue weighted by molar-refractivity contribution is 0.448. The maximum atomic E-state index is 13.0. The van der Waals surface area contributed by atoms with Crippen LogP contribution in [0.25, 0.3) is 11.0 Å². The topological polar surface area (TPSA) is 63.4 Å². The van der Waals surface area contributed by atoms with Crippen LogP contribution >= 0.6 is 0 Å². The van der Waals surface area contributed by atoms with Gasteiger partial charge in [0.1, 0.15) is 17.3 Å². The predicted molar refractivity (Wildman–Crippen MR) is 86.1 cm³/mol. The van der Waals surface area contributed by atoms with Crippen LogP contribution in [0, 0.1) is 5.82 Å². The van der Waals surface area contributed by atoms with Crippen molar-refractivity contribution in [1.82, 2.24) is 5.16 Å². The minimum Gasteiger partial charge on any atom is -0.356 e. The molecule has 0 amide bonds. The van der Waals surface area contributed by atoms with Crippen LogP contribution in [0.1, 0.15) is 12.6 Å². The Morgan fingerprint density at radius 1 is 1.13 bits per heavy atom. The average Bonchev–Trinajstić information content (AvgIpc) is 2.92. The molecule has 0 atom stereocenters. The average molecular weight is 334 g/mol. The van der Waals surface area contributed by atoms with Crippen LogP contribution in [0.5, 0.6) is 0 Å². The molecular formula is C16H15FN2O3S. The van der Waals surface area contributed by atoms with Crippen LogP contribution in [-0.4, -0.2) is 20.1 Å². The van der Waals surface area contributed by atoms with E-state index in [1.165, 1.54) is 28.6 Å². The van der Waals surface area contributed by atoms with Crippen LogP contribution in [0.4, 0.5) is 10.1 Å². The maximum absolute atomic E-state index is 13.0. The van der Waals surface area contributed by atoms with Gasteiger partial charge in [0.05, 0.1) is 5.69 Å². The third-order valence-corrected chi connectivity index (χ3v) is 5.29. The summed E-state index contributed by atoms with van der Waals surface area (Å²) in [5, 5.41) is 4.54. The first-order chi connectivity index (χ1) is 11.0. The number of nitrogens with zero attached hydrogens (tertiary/aromatic N) is 2. The number of hydrogen-bond acceptors (Lipinski definition) is 4. The van der Waals surface area contributed by atoms with E-state index in [9.17, 15) is 12.8 Å². The molecule has 3 rings (SSSR count). The van der Waals surface area contributed by atoms with Crippen molar-refractivity contribution in [3.05, 3.63) is 60.0 Å². The first-order valence-corrected chi connectivity index (χ1v) is 8.71. The number of aromatic nitrogens is 1. The normalized spacial score (nSPS) is 11.7. The van der Waals surface area contributed by atoms with Crippen molar-refractivity contribution in [3.8, 4) is 0 Å². The first kappa shape index (κ1) is 15.5. The Kier molecular flexibility index (Phi) is 4.04. The quantitative estimate of drug-likeness (QED) is 0.718. The molecule has 23 heavy (non-hydrogen) atoms. The van der Waals surface area contributed by atoms with Crippen LogP contribution in [0.2, 0.25) is 0 Å². The Morgan fingerprint density at radius 2 is 1.83 bits per heavy atom. The second-order valence-electron chi connectivity index (χ2n) is 5.02. The van der Waals surface area contributed by atoms with Gasteiger partial charge in [0.15, 0.2) is 5.58 Å². The summed E-state index contributed by atoms with van der Waals surface area (Å²) >= 11 is 0. The zero-order valence-electron chi connectivity index (χ0n) is 12.4. The van der Waals surface area contributed by atoms with E-state index >= 15 is 0 Å². The number of rotatable bonds is 5. The molecule has 0 aliphatic rings. The van der Waals surface area contributed by atoms with E-state index in [0.29, 0.717) is 22.4 Å². The summed E-state index contributed by atoms with van der Waals surface area (Å²) in [4.78, 5) is 0. The third-order valence-electron chi connectivity index (χ3n) is 3.51. The van der Waals surface area contributed by atoms with Gasteiger partial charge < -0.3 is 4.52 Å². The van der Waals surface area contributed by atoms with Crippen molar-refractivity contribution in [2.24, 2.45) is 0 Å². The molecular weight excluding hydrogens is 319 g/mol. The lowest BCUT2D eigenvalue weighted by atomic mass is 10.2. The molecule has 0 aliphatic carbocycles. The van der Waals surface area contributed by atoms with Crippen molar-refractivity contribution in [2.75, 3.05) is 10.8 Å². The molecule has 0 aliphatic heterocycles. The molecule has 120 valence electrons. The van der Waals surface area contributed by atoms with Gasteiger partial charge in [-0.15, -0.1) is 0 Å². The van der Waals surface area contributed by atoms with Crippen molar-refractivity contribution < 1.29 is 17.3 Å². The minimum atomic E-state index is -3.66. The van der Waals surface area contributed by atoms with Crippen LogP contribution < -0.4 is 4.31 Å². The van der Waals surface area contributed by atoms with E-state index < -0.39 is 15.8 Å². The van der Waals surface area contributed by atoms with Gasteiger partial charge in [-0.2, -0.15) is 0 Å². The summed E-state index contributed by atoms with van der Waals surface area (Å²) in [6, 6.07) is 12.4.